The minimum absolute atomic E-state index is 0.112. The number of hydrogen-bond donors (Lipinski definition) is 1. The van der Waals surface area contributed by atoms with Crippen molar-refractivity contribution in [3.05, 3.63) is 42.2 Å². The number of benzene rings is 1. The third-order valence-corrected chi connectivity index (χ3v) is 4.51. The van der Waals surface area contributed by atoms with Crippen LogP contribution in [0, 0.1) is 0 Å². The van der Waals surface area contributed by atoms with Crippen LogP contribution in [0.4, 0.5) is 0 Å². The summed E-state index contributed by atoms with van der Waals surface area (Å²) in [7, 11) is 1.27. The Labute approximate surface area is 142 Å². The molecular weight excluding hydrogens is 328 g/mol. The Hall–Kier alpha value is -2.67. The summed E-state index contributed by atoms with van der Waals surface area (Å²) in [4.78, 5) is 28.4. The Balaban J connectivity index is 1.82. The van der Waals surface area contributed by atoms with Gasteiger partial charge in [0.15, 0.2) is 16.5 Å². The van der Waals surface area contributed by atoms with Gasteiger partial charge in [-0.3, -0.25) is 4.79 Å². The molecule has 2 heterocycles. The zero-order chi connectivity index (χ0) is 17.3. The third-order valence-electron chi connectivity index (χ3n) is 3.46. The molecule has 0 bridgehead atoms. The van der Waals surface area contributed by atoms with E-state index in [2.05, 4.69) is 15.0 Å². The average Bonchev–Trinajstić information content (AvgIpc) is 3.19. The van der Waals surface area contributed by atoms with Crippen LogP contribution >= 0.6 is 11.3 Å². The molecule has 0 spiro atoms. The number of furan rings is 1. The Bertz CT molecular complexity index is 877. The van der Waals surface area contributed by atoms with E-state index >= 15 is 0 Å². The number of ether oxygens (including phenoxy) is 1. The fourth-order valence-corrected chi connectivity index (χ4v) is 3.13. The Morgan fingerprint density at radius 2 is 1.96 bits per heavy atom. The zero-order valence-electron chi connectivity index (χ0n) is 13.5. The molecule has 0 aliphatic carbocycles. The highest BCUT2D eigenvalue weighted by molar-refractivity contribution is 7.21. The molecule has 3 aromatic rings. The molecule has 6 nitrogen and oxygen atoms in total. The number of nitrogens with one attached hydrogen (secondary N) is 1. The van der Waals surface area contributed by atoms with E-state index in [1.807, 2.05) is 24.3 Å². The fraction of sp³-hybridized carbons (Fsp3) is 0.235. The highest BCUT2D eigenvalue weighted by atomic mass is 32.1. The van der Waals surface area contributed by atoms with Gasteiger partial charge in [-0.25, -0.2) is 9.78 Å². The smallest absolute Gasteiger partial charge is 0.330 e. The van der Waals surface area contributed by atoms with Crippen molar-refractivity contribution in [2.45, 2.75) is 19.4 Å². The summed E-state index contributed by atoms with van der Waals surface area (Å²) >= 11 is 1.49. The molecule has 0 fully saturated rings. The summed E-state index contributed by atoms with van der Waals surface area (Å²) < 4.78 is 11.3. The van der Waals surface area contributed by atoms with E-state index in [4.69, 9.17) is 4.42 Å². The van der Waals surface area contributed by atoms with Crippen LogP contribution in [0.2, 0.25) is 0 Å². The number of thiazole rings is 1. The van der Waals surface area contributed by atoms with Crippen molar-refractivity contribution in [1.29, 1.82) is 0 Å². The van der Waals surface area contributed by atoms with E-state index in [9.17, 15) is 9.59 Å². The Kier molecular flexibility index (Phi) is 4.11. The molecule has 0 saturated carbocycles. The predicted octanol–water partition coefficient (Wildman–Crippen LogP) is 3.24. The van der Waals surface area contributed by atoms with E-state index in [0.717, 1.165) is 10.2 Å². The molecule has 3 rings (SSSR count). The van der Waals surface area contributed by atoms with Gasteiger partial charge in [0.1, 0.15) is 5.54 Å². The number of para-hydroxylation sites is 1. The molecule has 1 N–H and O–H groups in total. The molecule has 124 valence electrons. The molecular formula is C17H16N2O4S. The third kappa shape index (κ3) is 3.03. The summed E-state index contributed by atoms with van der Waals surface area (Å²) in [6.45, 7) is 3.13. The van der Waals surface area contributed by atoms with E-state index in [1.54, 1.807) is 26.0 Å². The van der Waals surface area contributed by atoms with Crippen molar-refractivity contribution >= 4 is 33.4 Å². The first kappa shape index (κ1) is 16.2. The molecule has 0 unspecified atom stereocenters. The SMILES string of the molecule is COC(=O)C(C)(C)NC(=O)c1ccc(-c2nc3ccccc3s2)o1. The van der Waals surface area contributed by atoms with Gasteiger partial charge < -0.3 is 14.5 Å². The standard InChI is InChI=1S/C17H16N2O4S/c1-17(2,16(21)22-3)19-14(20)11-8-9-12(23-11)15-18-10-6-4-5-7-13(10)24-15/h4-9H,1-3H3,(H,19,20). The van der Waals surface area contributed by atoms with Crippen LogP contribution in [-0.2, 0) is 9.53 Å². The van der Waals surface area contributed by atoms with Crippen LogP contribution in [0.5, 0.6) is 0 Å². The number of hydrogen-bond acceptors (Lipinski definition) is 6. The summed E-state index contributed by atoms with van der Waals surface area (Å²) in [6, 6.07) is 11.0. The monoisotopic (exact) mass is 344 g/mol. The van der Waals surface area contributed by atoms with Crippen LogP contribution < -0.4 is 5.32 Å². The number of amides is 1. The topological polar surface area (TPSA) is 81.4 Å². The van der Waals surface area contributed by atoms with Crippen molar-refractivity contribution in [3.63, 3.8) is 0 Å². The number of fused-ring (bicyclic) bond motifs is 1. The van der Waals surface area contributed by atoms with E-state index < -0.39 is 17.4 Å². The molecule has 0 aliphatic rings. The van der Waals surface area contributed by atoms with Gasteiger partial charge in [-0.1, -0.05) is 12.1 Å². The molecule has 0 atom stereocenters. The first-order chi connectivity index (χ1) is 11.4. The number of esters is 1. The zero-order valence-corrected chi connectivity index (χ0v) is 14.3. The van der Waals surface area contributed by atoms with Gasteiger partial charge in [-0.15, -0.1) is 11.3 Å². The minimum atomic E-state index is -1.14. The average molecular weight is 344 g/mol. The van der Waals surface area contributed by atoms with Crippen LogP contribution in [-0.4, -0.2) is 29.5 Å². The molecule has 0 radical (unpaired) electrons. The minimum Gasteiger partial charge on any atom is -0.467 e. The molecule has 0 aliphatic heterocycles. The lowest BCUT2D eigenvalue weighted by Gasteiger charge is -2.22. The normalized spacial score (nSPS) is 11.5. The summed E-state index contributed by atoms with van der Waals surface area (Å²) in [6.07, 6.45) is 0. The lowest BCUT2D eigenvalue weighted by atomic mass is 10.1. The summed E-state index contributed by atoms with van der Waals surface area (Å²) in [5.74, 6) is -0.398. The number of carbonyl (C=O) groups excluding carboxylic acids is 2. The predicted molar refractivity (Wildman–Crippen MR) is 90.9 cm³/mol. The van der Waals surface area contributed by atoms with Gasteiger partial charge in [-0.2, -0.15) is 0 Å². The molecule has 0 saturated heterocycles. The number of nitrogens with zero attached hydrogens (tertiary/aromatic N) is 1. The van der Waals surface area contributed by atoms with Gasteiger partial charge in [0.2, 0.25) is 0 Å². The first-order valence-electron chi connectivity index (χ1n) is 7.27. The van der Waals surface area contributed by atoms with Crippen LogP contribution in [0.3, 0.4) is 0 Å². The maximum Gasteiger partial charge on any atom is 0.330 e. The molecule has 2 aromatic heterocycles. The molecule has 1 amide bonds. The fourth-order valence-electron chi connectivity index (χ4n) is 2.20. The number of carbonyl (C=O) groups is 2. The van der Waals surface area contributed by atoms with Crippen LogP contribution in [0.15, 0.2) is 40.8 Å². The Morgan fingerprint density at radius 1 is 1.21 bits per heavy atom. The van der Waals surface area contributed by atoms with Crippen molar-refractivity contribution in [1.82, 2.24) is 10.3 Å². The number of aromatic nitrogens is 1. The van der Waals surface area contributed by atoms with Gasteiger partial charge in [0.05, 0.1) is 17.3 Å². The van der Waals surface area contributed by atoms with Gasteiger partial charge >= 0.3 is 5.97 Å². The highest BCUT2D eigenvalue weighted by Crippen LogP contribution is 2.31. The van der Waals surface area contributed by atoms with Crippen molar-refractivity contribution < 1.29 is 18.7 Å². The molecule has 7 heteroatoms. The van der Waals surface area contributed by atoms with Gasteiger partial charge in [-0.05, 0) is 38.1 Å². The second kappa shape index (κ2) is 6.09. The van der Waals surface area contributed by atoms with Crippen molar-refractivity contribution in [3.8, 4) is 10.8 Å². The maximum absolute atomic E-state index is 12.3. The second-order valence-electron chi connectivity index (χ2n) is 5.72. The quantitative estimate of drug-likeness (QED) is 0.735. The van der Waals surface area contributed by atoms with Gasteiger partial charge in [0.25, 0.3) is 5.91 Å². The lowest BCUT2D eigenvalue weighted by Crippen LogP contribution is -2.50. The number of methoxy groups -OCH3 is 1. The maximum atomic E-state index is 12.3. The lowest BCUT2D eigenvalue weighted by molar-refractivity contribution is -0.146. The second-order valence-corrected chi connectivity index (χ2v) is 6.75. The largest absolute Gasteiger partial charge is 0.467 e. The first-order valence-corrected chi connectivity index (χ1v) is 8.09. The van der Waals surface area contributed by atoms with E-state index in [-0.39, 0.29) is 5.76 Å². The van der Waals surface area contributed by atoms with Crippen LogP contribution in [0.25, 0.3) is 21.0 Å². The highest BCUT2D eigenvalue weighted by Gasteiger charge is 2.31. The van der Waals surface area contributed by atoms with Crippen molar-refractivity contribution in [2.75, 3.05) is 7.11 Å². The molecule has 24 heavy (non-hydrogen) atoms. The van der Waals surface area contributed by atoms with Gasteiger partial charge in [0, 0.05) is 0 Å². The summed E-state index contributed by atoms with van der Waals surface area (Å²) in [5.41, 5.74) is -0.263. The summed E-state index contributed by atoms with van der Waals surface area (Å²) in [5, 5.41) is 3.29. The molecule has 1 aromatic carbocycles. The Morgan fingerprint density at radius 3 is 2.67 bits per heavy atom. The van der Waals surface area contributed by atoms with E-state index in [1.165, 1.54) is 18.4 Å². The number of rotatable bonds is 4. The van der Waals surface area contributed by atoms with Crippen LogP contribution in [0.1, 0.15) is 24.4 Å². The van der Waals surface area contributed by atoms with Crippen molar-refractivity contribution in [2.24, 2.45) is 0 Å². The van der Waals surface area contributed by atoms with E-state index in [0.29, 0.717) is 10.8 Å².